The van der Waals surface area contributed by atoms with Crippen molar-refractivity contribution in [2.24, 2.45) is 4.99 Å². The maximum absolute atomic E-state index is 12.7. The molecule has 2 heterocycles. The first-order valence-corrected chi connectivity index (χ1v) is 8.50. The smallest absolute Gasteiger partial charge is 0.280 e. The summed E-state index contributed by atoms with van der Waals surface area (Å²) in [5.74, 6) is 0. The predicted octanol–water partition coefficient (Wildman–Crippen LogP) is 3.54. The van der Waals surface area contributed by atoms with E-state index in [9.17, 15) is 4.79 Å². The monoisotopic (exact) mass is 349 g/mol. The second-order valence-electron chi connectivity index (χ2n) is 5.79. The molecule has 4 rings (SSSR count). The van der Waals surface area contributed by atoms with Crippen molar-refractivity contribution in [1.29, 1.82) is 0 Å². The number of H-pyrrole nitrogens is 1. The third-order valence-corrected chi connectivity index (χ3v) is 4.55. The third kappa shape index (κ3) is 2.78. The maximum Gasteiger partial charge on any atom is 0.280 e. The minimum atomic E-state index is -0.131. The number of rotatable bonds is 3. The van der Waals surface area contributed by atoms with Crippen LogP contribution >= 0.6 is 11.7 Å². The second-order valence-corrected chi connectivity index (χ2v) is 6.32. The van der Waals surface area contributed by atoms with Gasteiger partial charge in [-0.25, -0.2) is 4.68 Å². The third-order valence-electron chi connectivity index (χ3n) is 4.01. The minimum Gasteiger partial charge on any atom is -0.295 e. The zero-order chi connectivity index (χ0) is 17.4. The Morgan fingerprint density at radius 3 is 2.72 bits per heavy atom. The van der Waals surface area contributed by atoms with Crippen LogP contribution in [0.3, 0.4) is 0 Å². The number of nitrogens with one attached hydrogen (secondary N) is 1. The van der Waals surface area contributed by atoms with Gasteiger partial charge in [0.05, 0.1) is 28.7 Å². The quantitative estimate of drug-likeness (QED) is 0.575. The summed E-state index contributed by atoms with van der Waals surface area (Å²) in [6, 6.07) is 13.4. The van der Waals surface area contributed by atoms with Gasteiger partial charge in [0.25, 0.3) is 5.56 Å². The summed E-state index contributed by atoms with van der Waals surface area (Å²) < 4.78 is 10.00. The molecule has 0 aliphatic carbocycles. The van der Waals surface area contributed by atoms with Gasteiger partial charge in [0.1, 0.15) is 11.0 Å². The maximum atomic E-state index is 12.7. The highest BCUT2D eigenvalue weighted by Gasteiger charge is 2.11. The zero-order valence-corrected chi connectivity index (χ0v) is 14.5. The van der Waals surface area contributed by atoms with Crippen molar-refractivity contribution in [3.8, 4) is 5.69 Å². The molecular formula is C18H15N5OS. The molecular weight excluding hydrogens is 334 g/mol. The molecule has 0 radical (unpaired) electrons. The highest BCUT2D eigenvalue weighted by Crippen LogP contribution is 2.23. The van der Waals surface area contributed by atoms with Crippen molar-refractivity contribution in [3.63, 3.8) is 0 Å². The summed E-state index contributed by atoms with van der Waals surface area (Å²) in [5.41, 5.74) is 5.36. The number of aromatic amines is 1. The molecule has 0 fully saturated rings. The van der Waals surface area contributed by atoms with E-state index < -0.39 is 0 Å². The molecule has 0 saturated carbocycles. The zero-order valence-electron chi connectivity index (χ0n) is 13.7. The molecule has 0 amide bonds. The molecule has 6 nitrogen and oxygen atoms in total. The molecule has 0 unspecified atom stereocenters. The Balaban J connectivity index is 1.75. The Bertz CT molecular complexity index is 1130. The van der Waals surface area contributed by atoms with Gasteiger partial charge in [-0.2, -0.15) is 8.75 Å². The SMILES string of the molecule is Cc1ccc(-n2[nH]c(C)c(C=Nc3cccc4nsnc34)c2=O)cc1. The van der Waals surface area contributed by atoms with Crippen LogP contribution in [0, 0.1) is 13.8 Å². The standard InChI is InChI=1S/C18H15N5OS/c1-11-6-8-13(9-7-11)23-18(24)14(12(2)20-23)10-19-15-4-3-5-16-17(15)22-25-21-16/h3-10,20H,1-2H3. The van der Waals surface area contributed by atoms with E-state index >= 15 is 0 Å². The normalized spacial score (nSPS) is 11.6. The van der Waals surface area contributed by atoms with Crippen LogP contribution < -0.4 is 5.56 Å². The van der Waals surface area contributed by atoms with E-state index in [2.05, 4.69) is 18.8 Å². The molecule has 0 bridgehead atoms. The van der Waals surface area contributed by atoms with Gasteiger partial charge < -0.3 is 0 Å². The molecule has 0 aliphatic rings. The van der Waals surface area contributed by atoms with Crippen LogP contribution in [0.15, 0.2) is 52.3 Å². The first-order chi connectivity index (χ1) is 12.1. The summed E-state index contributed by atoms with van der Waals surface area (Å²) >= 11 is 1.15. The van der Waals surface area contributed by atoms with Gasteiger partial charge in [-0.15, -0.1) is 0 Å². The highest BCUT2D eigenvalue weighted by molar-refractivity contribution is 7.00. The van der Waals surface area contributed by atoms with E-state index in [-0.39, 0.29) is 5.56 Å². The number of hydrogen-bond acceptors (Lipinski definition) is 5. The molecule has 7 heteroatoms. The van der Waals surface area contributed by atoms with Gasteiger partial charge in [0, 0.05) is 11.9 Å². The van der Waals surface area contributed by atoms with Crippen LogP contribution in [0.25, 0.3) is 16.7 Å². The average molecular weight is 349 g/mol. The van der Waals surface area contributed by atoms with Gasteiger partial charge in [-0.1, -0.05) is 23.8 Å². The molecule has 0 saturated heterocycles. The predicted molar refractivity (Wildman–Crippen MR) is 101 cm³/mol. The lowest BCUT2D eigenvalue weighted by atomic mass is 10.2. The van der Waals surface area contributed by atoms with Crippen molar-refractivity contribution in [2.75, 3.05) is 0 Å². The lowest BCUT2D eigenvalue weighted by molar-refractivity contribution is 0.835. The van der Waals surface area contributed by atoms with E-state index in [1.807, 2.05) is 56.3 Å². The van der Waals surface area contributed by atoms with Crippen molar-refractivity contribution >= 4 is 34.7 Å². The first-order valence-electron chi connectivity index (χ1n) is 7.77. The van der Waals surface area contributed by atoms with E-state index in [4.69, 9.17) is 0 Å². The van der Waals surface area contributed by atoms with E-state index in [1.54, 1.807) is 6.21 Å². The number of nitrogens with zero attached hydrogens (tertiary/aromatic N) is 4. The largest absolute Gasteiger partial charge is 0.295 e. The van der Waals surface area contributed by atoms with E-state index in [0.717, 1.165) is 39.7 Å². The van der Waals surface area contributed by atoms with Gasteiger partial charge in [0.2, 0.25) is 0 Å². The van der Waals surface area contributed by atoms with E-state index in [1.165, 1.54) is 4.68 Å². The van der Waals surface area contributed by atoms with Gasteiger partial charge in [0.15, 0.2) is 0 Å². The molecule has 2 aromatic heterocycles. The van der Waals surface area contributed by atoms with Crippen LogP contribution in [0.5, 0.6) is 0 Å². The van der Waals surface area contributed by atoms with Crippen LogP contribution in [0.4, 0.5) is 5.69 Å². The van der Waals surface area contributed by atoms with Crippen molar-refractivity contribution in [1.82, 2.24) is 18.5 Å². The van der Waals surface area contributed by atoms with Gasteiger partial charge >= 0.3 is 0 Å². The number of fused-ring (bicyclic) bond motifs is 1. The molecule has 25 heavy (non-hydrogen) atoms. The van der Waals surface area contributed by atoms with Crippen LogP contribution in [0.2, 0.25) is 0 Å². The fourth-order valence-corrected chi connectivity index (χ4v) is 3.16. The highest BCUT2D eigenvalue weighted by atomic mass is 32.1. The summed E-state index contributed by atoms with van der Waals surface area (Å²) in [6.07, 6.45) is 1.59. The summed E-state index contributed by atoms with van der Waals surface area (Å²) in [4.78, 5) is 17.2. The molecule has 1 N–H and O–H groups in total. The molecule has 2 aromatic carbocycles. The fraction of sp³-hybridized carbons (Fsp3) is 0.111. The Hall–Kier alpha value is -3.06. The van der Waals surface area contributed by atoms with Crippen molar-refractivity contribution in [2.45, 2.75) is 13.8 Å². The minimum absolute atomic E-state index is 0.131. The molecule has 4 aromatic rings. The Labute approximate surface area is 147 Å². The summed E-state index contributed by atoms with van der Waals surface area (Å²) in [7, 11) is 0. The van der Waals surface area contributed by atoms with Crippen molar-refractivity contribution < 1.29 is 0 Å². The Kier molecular flexibility index (Phi) is 3.77. The summed E-state index contributed by atoms with van der Waals surface area (Å²) in [6.45, 7) is 3.87. The number of aryl methyl sites for hydroxylation is 2. The van der Waals surface area contributed by atoms with E-state index in [0.29, 0.717) is 11.3 Å². The number of hydrogen-bond donors (Lipinski definition) is 1. The van der Waals surface area contributed by atoms with Crippen LogP contribution in [-0.4, -0.2) is 24.7 Å². The van der Waals surface area contributed by atoms with Crippen LogP contribution in [0.1, 0.15) is 16.8 Å². The Morgan fingerprint density at radius 2 is 1.92 bits per heavy atom. The lowest BCUT2D eigenvalue weighted by Gasteiger charge is -2.01. The molecule has 0 aliphatic heterocycles. The summed E-state index contributed by atoms with van der Waals surface area (Å²) in [5, 5.41) is 3.10. The number of benzene rings is 2. The Morgan fingerprint density at radius 1 is 1.12 bits per heavy atom. The molecule has 0 spiro atoms. The molecule has 124 valence electrons. The van der Waals surface area contributed by atoms with Crippen molar-refractivity contribution in [3.05, 3.63) is 69.6 Å². The second kappa shape index (κ2) is 6.10. The first kappa shape index (κ1) is 15.5. The average Bonchev–Trinajstić information content (AvgIpc) is 3.19. The van der Waals surface area contributed by atoms with Gasteiger partial charge in [-0.3, -0.25) is 14.9 Å². The van der Waals surface area contributed by atoms with Crippen LogP contribution in [-0.2, 0) is 0 Å². The number of aliphatic imine (C=N–C) groups is 1. The van der Waals surface area contributed by atoms with Gasteiger partial charge in [-0.05, 0) is 38.1 Å². The molecule has 0 atom stereocenters. The lowest BCUT2D eigenvalue weighted by Crippen LogP contribution is -2.17. The topological polar surface area (TPSA) is 75.9 Å². The fourth-order valence-electron chi connectivity index (χ4n) is 2.62. The number of aromatic nitrogens is 4.